The van der Waals surface area contributed by atoms with Crippen LogP contribution in [0.4, 0.5) is 0 Å². The number of hydrogen-bond acceptors (Lipinski definition) is 5. The lowest BCUT2D eigenvalue weighted by molar-refractivity contribution is -0.123. The smallest absolute Gasteiger partial charge is 0.241 e. The Morgan fingerprint density at radius 1 is 1.30 bits per heavy atom. The molecule has 7 nitrogen and oxygen atoms in total. The van der Waals surface area contributed by atoms with Crippen LogP contribution in [0.3, 0.4) is 0 Å². The molecule has 1 aliphatic rings. The molecule has 0 aliphatic carbocycles. The third-order valence-electron chi connectivity index (χ3n) is 5.14. The summed E-state index contributed by atoms with van der Waals surface area (Å²) in [5.41, 5.74) is 2.02. The van der Waals surface area contributed by atoms with Crippen molar-refractivity contribution in [3.05, 3.63) is 47.8 Å². The Hall–Kier alpha value is -2.38. The van der Waals surface area contributed by atoms with Crippen molar-refractivity contribution in [3.63, 3.8) is 0 Å². The van der Waals surface area contributed by atoms with Gasteiger partial charge < -0.3 is 15.4 Å². The molecule has 27 heavy (non-hydrogen) atoms. The summed E-state index contributed by atoms with van der Waals surface area (Å²) in [7, 11) is 5.31. The highest BCUT2D eigenvalue weighted by Crippen LogP contribution is 2.27. The van der Waals surface area contributed by atoms with Crippen molar-refractivity contribution in [3.8, 4) is 5.75 Å². The van der Waals surface area contributed by atoms with Crippen LogP contribution in [0.1, 0.15) is 36.1 Å². The van der Waals surface area contributed by atoms with Crippen LogP contribution in [0, 0.1) is 0 Å². The van der Waals surface area contributed by atoms with E-state index < -0.39 is 6.04 Å². The van der Waals surface area contributed by atoms with Crippen molar-refractivity contribution < 1.29 is 9.53 Å². The topological polar surface area (TPSA) is 71.4 Å². The average Bonchev–Trinajstić information content (AvgIpc) is 3.35. The quantitative estimate of drug-likeness (QED) is 0.738. The number of rotatable bonds is 8. The second-order valence-electron chi connectivity index (χ2n) is 6.95. The Morgan fingerprint density at radius 3 is 2.70 bits per heavy atom. The molecule has 2 N–H and O–H groups in total. The number of nitrogens with one attached hydrogen (secondary N) is 2. The van der Waals surface area contributed by atoms with Gasteiger partial charge in [0.25, 0.3) is 0 Å². The number of aromatic nitrogens is 2. The number of methoxy groups -OCH3 is 1. The first-order valence-corrected chi connectivity index (χ1v) is 9.44. The zero-order valence-electron chi connectivity index (χ0n) is 16.3. The van der Waals surface area contributed by atoms with Crippen molar-refractivity contribution in [2.75, 3.05) is 33.8 Å². The third kappa shape index (κ3) is 4.67. The van der Waals surface area contributed by atoms with Gasteiger partial charge in [-0.1, -0.05) is 12.1 Å². The van der Waals surface area contributed by atoms with Crippen molar-refractivity contribution in [1.82, 2.24) is 25.3 Å². The fourth-order valence-electron chi connectivity index (χ4n) is 3.70. The Balaban J connectivity index is 1.72. The molecule has 1 aromatic heterocycles. The minimum atomic E-state index is -0.414. The van der Waals surface area contributed by atoms with Crippen LogP contribution in [0.5, 0.6) is 5.75 Å². The number of benzene rings is 1. The molecule has 2 atom stereocenters. The zero-order chi connectivity index (χ0) is 19.2. The summed E-state index contributed by atoms with van der Waals surface area (Å²) >= 11 is 0. The van der Waals surface area contributed by atoms with E-state index in [1.54, 1.807) is 25.0 Å². The van der Waals surface area contributed by atoms with Gasteiger partial charge in [-0.2, -0.15) is 5.10 Å². The summed E-state index contributed by atoms with van der Waals surface area (Å²) in [5.74, 6) is 0.795. The lowest BCUT2D eigenvalue weighted by Gasteiger charge is -2.29. The molecular weight excluding hydrogens is 342 g/mol. The minimum Gasteiger partial charge on any atom is -0.497 e. The molecule has 1 aliphatic heterocycles. The molecule has 1 aromatic carbocycles. The molecular formula is C20H29N5O2. The molecule has 1 fully saturated rings. The molecule has 1 saturated heterocycles. The minimum absolute atomic E-state index is 0.0439. The van der Waals surface area contributed by atoms with Crippen LogP contribution >= 0.6 is 0 Å². The highest BCUT2D eigenvalue weighted by Gasteiger charge is 2.26. The van der Waals surface area contributed by atoms with Gasteiger partial charge in [0.1, 0.15) is 11.8 Å². The zero-order valence-corrected chi connectivity index (χ0v) is 16.3. The molecule has 0 spiro atoms. The molecule has 146 valence electrons. The lowest BCUT2D eigenvalue weighted by atomic mass is 10.0. The van der Waals surface area contributed by atoms with Crippen molar-refractivity contribution in [2.24, 2.45) is 7.05 Å². The maximum Gasteiger partial charge on any atom is 0.241 e. The predicted molar refractivity (Wildman–Crippen MR) is 105 cm³/mol. The van der Waals surface area contributed by atoms with Gasteiger partial charge in [-0.3, -0.25) is 14.4 Å². The first-order chi connectivity index (χ1) is 13.1. The molecule has 0 radical (unpaired) electrons. The van der Waals surface area contributed by atoms with Crippen molar-refractivity contribution in [2.45, 2.75) is 24.9 Å². The largest absolute Gasteiger partial charge is 0.497 e. The maximum absolute atomic E-state index is 12.8. The number of likely N-dealkylation sites (N-methyl/N-ethyl adjacent to an activating group) is 1. The van der Waals surface area contributed by atoms with E-state index in [0.29, 0.717) is 6.54 Å². The number of carbonyl (C=O) groups excluding carboxylic acids is 1. The van der Waals surface area contributed by atoms with Crippen LogP contribution in [-0.2, 0) is 11.8 Å². The van der Waals surface area contributed by atoms with Gasteiger partial charge >= 0.3 is 0 Å². The van der Waals surface area contributed by atoms with E-state index in [1.165, 1.54) is 18.4 Å². The van der Waals surface area contributed by atoms with Crippen LogP contribution in [0.2, 0.25) is 0 Å². The number of aryl methyl sites for hydroxylation is 1. The number of ether oxygens (including phenoxy) is 1. The summed E-state index contributed by atoms with van der Waals surface area (Å²) in [6, 6.07) is 7.84. The van der Waals surface area contributed by atoms with E-state index in [-0.39, 0.29) is 11.9 Å². The van der Waals surface area contributed by atoms with Gasteiger partial charge in [-0.05, 0) is 50.7 Å². The van der Waals surface area contributed by atoms with E-state index in [2.05, 4.69) is 32.8 Å². The van der Waals surface area contributed by atoms with Gasteiger partial charge in [-0.15, -0.1) is 0 Å². The number of carbonyl (C=O) groups is 1. The maximum atomic E-state index is 12.8. The Bertz CT molecular complexity index is 754. The summed E-state index contributed by atoms with van der Waals surface area (Å²) in [4.78, 5) is 15.2. The molecule has 7 heteroatoms. The first-order valence-electron chi connectivity index (χ1n) is 9.44. The summed E-state index contributed by atoms with van der Waals surface area (Å²) in [6.45, 7) is 2.66. The number of hydrogen-bond donors (Lipinski definition) is 2. The second kappa shape index (κ2) is 9.01. The fraction of sp³-hybridized carbons (Fsp3) is 0.500. The molecule has 1 amide bonds. The summed E-state index contributed by atoms with van der Waals surface area (Å²) < 4.78 is 7.09. The Morgan fingerprint density at radius 2 is 2.07 bits per heavy atom. The number of amides is 1. The van der Waals surface area contributed by atoms with Crippen LogP contribution in [-0.4, -0.2) is 54.4 Å². The summed E-state index contributed by atoms with van der Waals surface area (Å²) in [5, 5.41) is 10.4. The number of nitrogens with zero attached hydrogens (tertiary/aromatic N) is 3. The SMILES string of the molecule is CNC(C(=O)NCC(c1cccc(OC)c1)N1CCCC1)c1cnn(C)c1. The second-order valence-corrected chi connectivity index (χ2v) is 6.95. The molecule has 2 heterocycles. The molecule has 2 aromatic rings. The highest BCUT2D eigenvalue weighted by molar-refractivity contribution is 5.83. The fourth-order valence-corrected chi connectivity index (χ4v) is 3.70. The first kappa shape index (κ1) is 19.4. The monoisotopic (exact) mass is 371 g/mol. The van der Waals surface area contributed by atoms with Gasteiger partial charge in [0.15, 0.2) is 0 Å². The molecule has 0 saturated carbocycles. The normalized spacial score (nSPS) is 16.9. The van der Waals surface area contributed by atoms with E-state index in [9.17, 15) is 4.79 Å². The van der Waals surface area contributed by atoms with Crippen LogP contribution < -0.4 is 15.4 Å². The number of likely N-dealkylation sites (tertiary alicyclic amines) is 1. The van der Waals surface area contributed by atoms with Gasteiger partial charge in [-0.25, -0.2) is 0 Å². The average molecular weight is 371 g/mol. The Labute approximate surface area is 160 Å². The van der Waals surface area contributed by atoms with E-state index in [0.717, 1.165) is 24.4 Å². The van der Waals surface area contributed by atoms with E-state index >= 15 is 0 Å². The summed E-state index contributed by atoms with van der Waals surface area (Å²) in [6.07, 6.45) is 5.98. The predicted octanol–water partition coefficient (Wildman–Crippen LogP) is 1.64. The third-order valence-corrected chi connectivity index (χ3v) is 5.14. The van der Waals surface area contributed by atoms with E-state index in [1.807, 2.05) is 25.4 Å². The van der Waals surface area contributed by atoms with Gasteiger partial charge in [0, 0.05) is 25.4 Å². The van der Waals surface area contributed by atoms with Crippen LogP contribution in [0.15, 0.2) is 36.7 Å². The van der Waals surface area contributed by atoms with Gasteiger partial charge in [0.2, 0.25) is 5.91 Å². The molecule has 3 rings (SSSR count). The lowest BCUT2D eigenvalue weighted by Crippen LogP contribution is -2.41. The van der Waals surface area contributed by atoms with Crippen molar-refractivity contribution >= 4 is 5.91 Å². The standard InChI is InChI=1S/C20H29N5O2/c1-21-19(16-12-23-24(2)14-16)20(26)22-13-18(25-9-4-5-10-25)15-7-6-8-17(11-15)27-3/h6-8,11-12,14,18-19,21H,4-5,9-10,13H2,1-3H3,(H,22,26). The molecule has 0 bridgehead atoms. The van der Waals surface area contributed by atoms with Crippen LogP contribution in [0.25, 0.3) is 0 Å². The van der Waals surface area contributed by atoms with Crippen molar-refractivity contribution in [1.29, 1.82) is 0 Å². The Kier molecular flexibility index (Phi) is 6.47. The molecule has 2 unspecified atom stereocenters. The van der Waals surface area contributed by atoms with Gasteiger partial charge in [0.05, 0.1) is 19.3 Å². The van der Waals surface area contributed by atoms with E-state index in [4.69, 9.17) is 4.74 Å². The highest BCUT2D eigenvalue weighted by atomic mass is 16.5.